The third kappa shape index (κ3) is 3.22. The molecule has 1 saturated heterocycles. The third-order valence-corrected chi connectivity index (χ3v) is 5.53. The van der Waals surface area contributed by atoms with E-state index in [1.54, 1.807) is 18.4 Å². The molecule has 2 aromatic rings. The number of hydrogen-bond donors (Lipinski definition) is 1. The Hall–Kier alpha value is -2.67. The van der Waals surface area contributed by atoms with Gasteiger partial charge in [0.15, 0.2) is 0 Å². The Labute approximate surface area is 156 Å². The molecule has 0 aliphatic carbocycles. The number of benzene rings is 1. The van der Waals surface area contributed by atoms with E-state index in [0.717, 1.165) is 15.3 Å². The third-order valence-electron chi connectivity index (χ3n) is 4.66. The molecule has 1 aliphatic rings. The van der Waals surface area contributed by atoms with Gasteiger partial charge < -0.3 is 10.2 Å². The molecule has 26 heavy (non-hydrogen) atoms. The molecule has 1 aliphatic heterocycles. The maximum absolute atomic E-state index is 13.0. The van der Waals surface area contributed by atoms with Crippen molar-refractivity contribution in [2.24, 2.45) is 0 Å². The summed E-state index contributed by atoms with van der Waals surface area (Å²) in [4.78, 5) is 41.6. The minimum Gasteiger partial charge on any atom is -0.339 e. The van der Waals surface area contributed by atoms with Crippen LogP contribution in [0.25, 0.3) is 0 Å². The molecule has 0 unspecified atom stereocenters. The number of rotatable bonds is 6. The summed E-state index contributed by atoms with van der Waals surface area (Å²) >= 11 is 1.56. The fourth-order valence-corrected chi connectivity index (χ4v) is 3.87. The first-order chi connectivity index (χ1) is 12.5. The summed E-state index contributed by atoms with van der Waals surface area (Å²) in [6.45, 7) is 2.04. The van der Waals surface area contributed by atoms with Crippen LogP contribution in [0, 0.1) is 0 Å². The summed E-state index contributed by atoms with van der Waals surface area (Å²) in [6, 6.07) is 12.5. The number of nitrogens with one attached hydrogen (secondary N) is 1. The average molecular weight is 371 g/mol. The van der Waals surface area contributed by atoms with E-state index >= 15 is 0 Å². The van der Waals surface area contributed by atoms with Crippen LogP contribution >= 0.6 is 11.3 Å². The summed E-state index contributed by atoms with van der Waals surface area (Å²) in [5.74, 6) is -0.657. The second kappa shape index (κ2) is 7.29. The molecule has 1 aromatic carbocycles. The van der Waals surface area contributed by atoms with Crippen LogP contribution in [0.5, 0.6) is 0 Å². The first kappa shape index (κ1) is 18.1. The SMILES string of the molecule is CC[C@@]1(c2ccccc2)NC(=O)N(CC(=O)N(C)Cc2cccs2)C1=O. The summed E-state index contributed by atoms with van der Waals surface area (Å²) in [5.41, 5.74) is -0.381. The average Bonchev–Trinajstić information content (AvgIpc) is 3.24. The lowest BCUT2D eigenvalue weighted by Gasteiger charge is -2.26. The van der Waals surface area contributed by atoms with Crippen molar-refractivity contribution in [1.82, 2.24) is 15.1 Å². The van der Waals surface area contributed by atoms with Crippen LogP contribution in [0.4, 0.5) is 4.79 Å². The molecule has 3 rings (SSSR count). The Morgan fingerprint density at radius 1 is 1.19 bits per heavy atom. The van der Waals surface area contributed by atoms with E-state index in [-0.39, 0.29) is 18.4 Å². The summed E-state index contributed by atoms with van der Waals surface area (Å²) in [7, 11) is 1.67. The Kier molecular flexibility index (Phi) is 5.08. The molecule has 6 nitrogen and oxygen atoms in total. The van der Waals surface area contributed by atoms with E-state index in [2.05, 4.69) is 5.32 Å². The van der Waals surface area contributed by atoms with Crippen molar-refractivity contribution < 1.29 is 14.4 Å². The zero-order chi connectivity index (χ0) is 18.7. The van der Waals surface area contributed by atoms with Gasteiger partial charge in [-0.25, -0.2) is 4.79 Å². The van der Waals surface area contributed by atoms with E-state index < -0.39 is 11.6 Å². The van der Waals surface area contributed by atoms with Crippen LogP contribution in [0.1, 0.15) is 23.8 Å². The number of carbonyl (C=O) groups excluding carboxylic acids is 3. The van der Waals surface area contributed by atoms with Crippen LogP contribution in [-0.4, -0.2) is 41.2 Å². The molecule has 0 radical (unpaired) electrons. The molecule has 136 valence electrons. The van der Waals surface area contributed by atoms with Gasteiger partial charge in [0.25, 0.3) is 5.91 Å². The van der Waals surface area contributed by atoms with E-state index in [1.807, 2.05) is 54.8 Å². The number of hydrogen-bond acceptors (Lipinski definition) is 4. The number of imide groups is 1. The minimum absolute atomic E-state index is 0.263. The van der Waals surface area contributed by atoms with Gasteiger partial charge in [0.1, 0.15) is 12.1 Å². The zero-order valence-electron chi connectivity index (χ0n) is 14.8. The maximum atomic E-state index is 13.0. The van der Waals surface area contributed by atoms with Crippen molar-refractivity contribution in [3.8, 4) is 0 Å². The molecule has 7 heteroatoms. The smallest absolute Gasteiger partial charge is 0.325 e. The van der Waals surface area contributed by atoms with Crippen LogP contribution < -0.4 is 5.32 Å². The van der Waals surface area contributed by atoms with Gasteiger partial charge in [-0.15, -0.1) is 11.3 Å². The second-order valence-corrected chi connectivity index (χ2v) is 7.31. The molecular weight excluding hydrogens is 350 g/mol. The highest BCUT2D eigenvalue weighted by Crippen LogP contribution is 2.32. The molecular formula is C19H21N3O3S. The Morgan fingerprint density at radius 3 is 2.54 bits per heavy atom. The molecule has 2 heterocycles. The number of amides is 4. The highest BCUT2D eigenvalue weighted by molar-refractivity contribution is 7.09. The number of urea groups is 1. The predicted molar refractivity (Wildman–Crippen MR) is 99.4 cm³/mol. The highest BCUT2D eigenvalue weighted by Gasteiger charge is 2.51. The maximum Gasteiger partial charge on any atom is 0.325 e. The van der Waals surface area contributed by atoms with Crippen LogP contribution in [0.15, 0.2) is 47.8 Å². The molecule has 0 saturated carbocycles. The van der Waals surface area contributed by atoms with Gasteiger partial charge in [0, 0.05) is 11.9 Å². The number of likely N-dealkylation sites (N-methyl/N-ethyl adjacent to an activating group) is 1. The fraction of sp³-hybridized carbons (Fsp3) is 0.316. The Balaban J connectivity index is 1.75. The summed E-state index contributed by atoms with van der Waals surface area (Å²) < 4.78 is 0. The number of nitrogens with zero attached hydrogens (tertiary/aromatic N) is 2. The number of thiophene rings is 1. The van der Waals surface area contributed by atoms with Crippen molar-refractivity contribution in [1.29, 1.82) is 0 Å². The van der Waals surface area contributed by atoms with Crippen molar-refractivity contribution in [3.05, 3.63) is 58.3 Å². The lowest BCUT2D eigenvalue weighted by Crippen LogP contribution is -2.45. The highest BCUT2D eigenvalue weighted by atomic mass is 32.1. The van der Waals surface area contributed by atoms with Gasteiger partial charge in [-0.05, 0) is 23.4 Å². The van der Waals surface area contributed by atoms with E-state index in [1.165, 1.54) is 4.90 Å². The number of carbonyl (C=O) groups is 3. The van der Waals surface area contributed by atoms with Gasteiger partial charge in [-0.1, -0.05) is 43.3 Å². The van der Waals surface area contributed by atoms with Crippen molar-refractivity contribution in [2.45, 2.75) is 25.4 Å². The zero-order valence-corrected chi connectivity index (χ0v) is 15.6. The monoisotopic (exact) mass is 371 g/mol. The lowest BCUT2D eigenvalue weighted by atomic mass is 9.87. The first-order valence-electron chi connectivity index (χ1n) is 8.44. The van der Waals surface area contributed by atoms with Crippen molar-refractivity contribution >= 4 is 29.2 Å². The standard InChI is InChI=1S/C19H21N3O3S/c1-3-19(14-8-5-4-6-9-14)17(24)22(18(25)20-19)13-16(23)21(2)12-15-10-7-11-26-15/h4-11H,3,12-13H2,1-2H3,(H,20,25)/t19-/m0/s1. The molecule has 0 spiro atoms. The molecule has 1 fully saturated rings. The van der Waals surface area contributed by atoms with Crippen LogP contribution in [0.3, 0.4) is 0 Å². The van der Waals surface area contributed by atoms with Gasteiger partial charge in [-0.3, -0.25) is 14.5 Å². The van der Waals surface area contributed by atoms with E-state index in [4.69, 9.17) is 0 Å². The van der Waals surface area contributed by atoms with Crippen molar-refractivity contribution in [3.63, 3.8) is 0 Å². The van der Waals surface area contributed by atoms with Crippen LogP contribution in [0.2, 0.25) is 0 Å². The minimum atomic E-state index is -1.11. The molecule has 1 aromatic heterocycles. The quantitative estimate of drug-likeness (QED) is 0.794. The van der Waals surface area contributed by atoms with Crippen LogP contribution in [-0.2, 0) is 21.7 Å². The predicted octanol–water partition coefficient (Wildman–Crippen LogP) is 2.56. The van der Waals surface area contributed by atoms with E-state index in [0.29, 0.717) is 13.0 Å². The van der Waals surface area contributed by atoms with Gasteiger partial charge in [0.05, 0.1) is 6.54 Å². The molecule has 0 bridgehead atoms. The summed E-state index contributed by atoms with van der Waals surface area (Å²) in [5, 5.41) is 4.74. The Morgan fingerprint density at radius 2 is 1.92 bits per heavy atom. The normalized spacial score (nSPS) is 19.5. The molecule has 4 amide bonds. The van der Waals surface area contributed by atoms with Gasteiger partial charge in [0.2, 0.25) is 5.91 Å². The lowest BCUT2D eigenvalue weighted by molar-refractivity contribution is -0.138. The largest absolute Gasteiger partial charge is 0.339 e. The molecule has 1 atom stereocenters. The van der Waals surface area contributed by atoms with Gasteiger partial charge in [-0.2, -0.15) is 0 Å². The van der Waals surface area contributed by atoms with Gasteiger partial charge >= 0.3 is 6.03 Å². The second-order valence-electron chi connectivity index (χ2n) is 6.28. The first-order valence-corrected chi connectivity index (χ1v) is 9.32. The molecule has 1 N–H and O–H groups in total. The van der Waals surface area contributed by atoms with E-state index in [9.17, 15) is 14.4 Å². The van der Waals surface area contributed by atoms with Crippen molar-refractivity contribution in [2.75, 3.05) is 13.6 Å². The Bertz CT molecular complexity index is 807. The summed E-state index contributed by atoms with van der Waals surface area (Å²) in [6.07, 6.45) is 0.414. The topological polar surface area (TPSA) is 69.7 Å². The fourth-order valence-electron chi connectivity index (χ4n) is 3.11.